The number of halogens is 2. The first-order valence-electron chi connectivity index (χ1n) is 6.85. The molecule has 0 aromatic heterocycles. The largest absolute Gasteiger partial charge is 0.377 e. The minimum atomic E-state index is 0.115. The van der Waals surface area contributed by atoms with Gasteiger partial charge in [0.1, 0.15) is 0 Å². The number of piperidine rings is 1. The standard InChI is InChI=1S/C15H19Br2NO2/c1-11-2-3-12(10-14(11)17)15(19)18-7-4-13(5-8-18)20-9-6-16/h2-3,10,13H,4-9H2,1H3. The minimum Gasteiger partial charge on any atom is -0.377 e. The lowest BCUT2D eigenvalue weighted by atomic mass is 10.1. The molecule has 0 bridgehead atoms. The van der Waals surface area contributed by atoms with Crippen LogP contribution in [-0.4, -0.2) is 41.9 Å². The summed E-state index contributed by atoms with van der Waals surface area (Å²) >= 11 is 6.84. The number of carbonyl (C=O) groups excluding carboxylic acids is 1. The van der Waals surface area contributed by atoms with E-state index in [9.17, 15) is 4.79 Å². The van der Waals surface area contributed by atoms with E-state index in [-0.39, 0.29) is 5.91 Å². The fourth-order valence-corrected chi connectivity index (χ4v) is 2.91. The van der Waals surface area contributed by atoms with Gasteiger partial charge in [0.15, 0.2) is 0 Å². The lowest BCUT2D eigenvalue weighted by Crippen LogP contribution is -2.41. The number of rotatable bonds is 4. The van der Waals surface area contributed by atoms with Crippen molar-refractivity contribution >= 4 is 37.8 Å². The monoisotopic (exact) mass is 403 g/mol. The zero-order chi connectivity index (χ0) is 14.5. The summed E-state index contributed by atoms with van der Waals surface area (Å²) in [7, 11) is 0. The van der Waals surface area contributed by atoms with Gasteiger partial charge in [0.25, 0.3) is 5.91 Å². The van der Waals surface area contributed by atoms with Gasteiger partial charge in [-0.15, -0.1) is 0 Å². The van der Waals surface area contributed by atoms with Crippen LogP contribution in [0.2, 0.25) is 0 Å². The highest BCUT2D eigenvalue weighted by Crippen LogP contribution is 2.21. The summed E-state index contributed by atoms with van der Waals surface area (Å²) in [5, 5.41) is 0.865. The molecule has 1 aliphatic rings. The number of likely N-dealkylation sites (tertiary alicyclic amines) is 1. The van der Waals surface area contributed by atoms with Gasteiger partial charge in [-0.2, -0.15) is 0 Å². The lowest BCUT2D eigenvalue weighted by molar-refractivity contribution is 0.0160. The van der Waals surface area contributed by atoms with Gasteiger partial charge in [0.05, 0.1) is 12.7 Å². The highest BCUT2D eigenvalue weighted by Gasteiger charge is 2.24. The van der Waals surface area contributed by atoms with Crippen molar-refractivity contribution in [3.63, 3.8) is 0 Å². The Bertz CT molecular complexity index is 471. The second kappa shape index (κ2) is 7.57. The van der Waals surface area contributed by atoms with Crippen molar-refractivity contribution in [3.8, 4) is 0 Å². The molecule has 1 amide bonds. The van der Waals surface area contributed by atoms with Gasteiger partial charge in [-0.3, -0.25) is 4.79 Å². The molecule has 1 saturated heterocycles. The summed E-state index contributed by atoms with van der Waals surface area (Å²) in [6.07, 6.45) is 2.14. The molecule has 2 rings (SSSR count). The lowest BCUT2D eigenvalue weighted by Gasteiger charge is -2.32. The van der Waals surface area contributed by atoms with E-state index in [4.69, 9.17) is 4.74 Å². The van der Waals surface area contributed by atoms with Crippen LogP contribution in [0, 0.1) is 6.92 Å². The maximum atomic E-state index is 12.4. The Balaban J connectivity index is 1.92. The van der Waals surface area contributed by atoms with Gasteiger partial charge >= 0.3 is 0 Å². The summed E-state index contributed by atoms with van der Waals surface area (Å²) in [5.74, 6) is 0.115. The molecule has 3 nitrogen and oxygen atoms in total. The number of nitrogens with zero attached hydrogens (tertiary/aromatic N) is 1. The predicted molar refractivity (Wildman–Crippen MR) is 87.6 cm³/mol. The molecule has 5 heteroatoms. The van der Waals surface area contributed by atoms with Crippen LogP contribution < -0.4 is 0 Å². The number of hydrogen-bond acceptors (Lipinski definition) is 2. The van der Waals surface area contributed by atoms with Gasteiger partial charge in [0.2, 0.25) is 0 Å². The van der Waals surface area contributed by atoms with Gasteiger partial charge in [0, 0.05) is 28.5 Å². The molecule has 1 aliphatic heterocycles. The van der Waals surface area contributed by atoms with E-state index >= 15 is 0 Å². The molecular weight excluding hydrogens is 386 g/mol. The first-order valence-corrected chi connectivity index (χ1v) is 8.76. The molecule has 0 radical (unpaired) electrons. The summed E-state index contributed by atoms with van der Waals surface area (Å²) in [6.45, 7) is 4.31. The Morgan fingerprint density at radius 1 is 1.40 bits per heavy atom. The Kier molecular flexibility index (Phi) is 6.05. The van der Waals surface area contributed by atoms with Crippen LogP contribution in [-0.2, 0) is 4.74 Å². The first-order chi connectivity index (χ1) is 9.61. The zero-order valence-corrected chi connectivity index (χ0v) is 14.7. The number of hydrogen-bond donors (Lipinski definition) is 0. The van der Waals surface area contributed by atoms with E-state index in [1.54, 1.807) is 0 Å². The van der Waals surface area contributed by atoms with Crippen molar-refractivity contribution in [2.75, 3.05) is 25.0 Å². The highest BCUT2D eigenvalue weighted by molar-refractivity contribution is 9.10. The van der Waals surface area contributed by atoms with Crippen molar-refractivity contribution in [3.05, 3.63) is 33.8 Å². The quantitative estimate of drug-likeness (QED) is 0.714. The van der Waals surface area contributed by atoms with Crippen molar-refractivity contribution in [1.29, 1.82) is 0 Å². The van der Waals surface area contributed by atoms with Crippen LogP contribution in [0.15, 0.2) is 22.7 Å². The van der Waals surface area contributed by atoms with Crippen LogP contribution in [0.3, 0.4) is 0 Å². The fraction of sp³-hybridized carbons (Fsp3) is 0.533. The van der Waals surface area contributed by atoms with Crippen molar-refractivity contribution in [2.45, 2.75) is 25.9 Å². The maximum absolute atomic E-state index is 12.4. The Labute approximate surface area is 136 Å². The molecule has 0 spiro atoms. The summed E-state index contributed by atoms with van der Waals surface area (Å²) in [5.41, 5.74) is 1.89. The molecule has 20 heavy (non-hydrogen) atoms. The molecule has 110 valence electrons. The maximum Gasteiger partial charge on any atom is 0.253 e. The van der Waals surface area contributed by atoms with E-state index in [1.165, 1.54) is 0 Å². The van der Waals surface area contributed by atoms with E-state index in [2.05, 4.69) is 31.9 Å². The van der Waals surface area contributed by atoms with Gasteiger partial charge < -0.3 is 9.64 Å². The zero-order valence-electron chi connectivity index (χ0n) is 11.6. The Morgan fingerprint density at radius 3 is 2.70 bits per heavy atom. The number of carbonyl (C=O) groups is 1. The summed E-state index contributed by atoms with van der Waals surface area (Å²) < 4.78 is 6.69. The molecule has 0 aliphatic carbocycles. The van der Waals surface area contributed by atoms with Crippen molar-refractivity contribution in [2.24, 2.45) is 0 Å². The molecule has 0 atom stereocenters. The Morgan fingerprint density at radius 2 is 2.10 bits per heavy atom. The topological polar surface area (TPSA) is 29.5 Å². The number of ether oxygens (including phenoxy) is 1. The Hall–Kier alpha value is -0.390. The van der Waals surface area contributed by atoms with Crippen LogP contribution in [0.25, 0.3) is 0 Å². The molecule has 0 N–H and O–H groups in total. The van der Waals surface area contributed by atoms with E-state index < -0.39 is 0 Å². The fourth-order valence-electron chi connectivity index (χ4n) is 2.35. The number of amides is 1. The molecule has 1 heterocycles. The summed E-state index contributed by atoms with van der Waals surface area (Å²) in [4.78, 5) is 14.4. The second-order valence-corrected chi connectivity index (χ2v) is 6.66. The van der Waals surface area contributed by atoms with Gasteiger partial charge in [-0.25, -0.2) is 0 Å². The van der Waals surface area contributed by atoms with Crippen LogP contribution >= 0.6 is 31.9 Å². The average molecular weight is 405 g/mol. The van der Waals surface area contributed by atoms with Crippen LogP contribution in [0.4, 0.5) is 0 Å². The predicted octanol–water partition coefficient (Wildman–Crippen LogP) is 3.77. The van der Waals surface area contributed by atoms with Gasteiger partial charge in [-0.1, -0.05) is 37.9 Å². The molecule has 1 aromatic rings. The normalized spacial score (nSPS) is 16.4. The number of aryl methyl sites for hydroxylation is 1. The minimum absolute atomic E-state index is 0.115. The number of benzene rings is 1. The molecule has 0 unspecified atom stereocenters. The van der Waals surface area contributed by atoms with E-state index in [1.807, 2.05) is 30.0 Å². The van der Waals surface area contributed by atoms with Crippen LogP contribution in [0.1, 0.15) is 28.8 Å². The smallest absolute Gasteiger partial charge is 0.253 e. The molecule has 1 fully saturated rings. The molecule has 1 aromatic carbocycles. The molecular formula is C15H19Br2NO2. The van der Waals surface area contributed by atoms with Gasteiger partial charge in [-0.05, 0) is 37.5 Å². The summed E-state index contributed by atoms with van der Waals surface area (Å²) in [6, 6.07) is 5.78. The first kappa shape index (κ1) is 16.0. The SMILES string of the molecule is Cc1ccc(C(=O)N2CCC(OCCBr)CC2)cc1Br. The third-order valence-electron chi connectivity index (χ3n) is 3.58. The van der Waals surface area contributed by atoms with E-state index in [0.717, 1.165) is 53.5 Å². The highest BCUT2D eigenvalue weighted by atomic mass is 79.9. The number of alkyl halides is 1. The second-order valence-electron chi connectivity index (χ2n) is 5.02. The third-order valence-corrected chi connectivity index (χ3v) is 4.76. The van der Waals surface area contributed by atoms with Crippen molar-refractivity contribution in [1.82, 2.24) is 4.90 Å². The average Bonchev–Trinajstić information content (AvgIpc) is 2.48. The third kappa shape index (κ3) is 4.06. The van der Waals surface area contributed by atoms with Crippen LogP contribution in [0.5, 0.6) is 0 Å². The van der Waals surface area contributed by atoms with E-state index in [0.29, 0.717) is 6.10 Å². The van der Waals surface area contributed by atoms with Crippen molar-refractivity contribution < 1.29 is 9.53 Å². The molecule has 0 saturated carbocycles.